The standard InChI is InChI=1S/C8H17N2.BrH/c1-2-6-10(5-1)7-3-9-4-8-10;/h9H,1-8H2;1H/q+1;/p-1. The van der Waals surface area contributed by atoms with E-state index >= 15 is 0 Å². The van der Waals surface area contributed by atoms with Crippen LogP contribution in [0.5, 0.6) is 0 Å². The van der Waals surface area contributed by atoms with E-state index in [1.807, 2.05) is 0 Å². The quantitative estimate of drug-likeness (QED) is 0.436. The summed E-state index contributed by atoms with van der Waals surface area (Å²) in [6.07, 6.45) is 2.94. The second-order valence-electron chi connectivity index (χ2n) is 3.69. The van der Waals surface area contributed by atoms with Gasteiger partial charge in [-0.2, -0.15) is 0 Å². The zero-order chi connectivity index (χ0) is 6.86. The smallest absolute Gasteiger partial charge is 0.0913 e. The summed E-state index contributed by atoms with van der Waals surface area (Å²) >= 11 is 0. The van der Waals surface area contributed by atoms with E-state index < -0.39 is 0 Å². The van der Waals surface area contributed by atoms with Gasteiger partial charge in [-0.3, -0.25) is 0 Å². The Kier molecular flexibility index (Phi) is 3.34. The van der Waals surface area contributed by atoms with Crippen molar-refractivity contribution in [1.82, 2.24) is 5.32 Å². The second-order valence-corrected chi connectivity index (χ2v) is 3.69. The van der Waals surface area contributed by atoms with Gasteiger partial charge in [-0.15, -0.1) is 0 Å². The van der Waals surface area contributed by atoms with Gasteiger partial charge in [-0.05, 0) is 0 Å². The van der Waals surface area contributed by atoms with E-state index in [2.05, 4.69) is 5.32 Å². The van der Waals surface area contributed by atoms with Crippen LogP contribution in [0.25, 0.3) is 0 Å². The van der Waals surface area contributed by atoms with E-state index in [4.69, 9.17) is 0 Å². The number of piperazine rings is 1. The predicted molar refractivity (Wildman–Crippen MR) is 41.8 cm³/mol. The van der Waals surface area contributed by atoms with Crippen LogP contribution in [0, 0.1) is 0 Å². The average Bonchev–Trinajstić information content (AvgIpc) is 2.39. The highest BCUT2D eigenvalue weighted by atomic mass is 79.9. The molecule has 0 aliphatic carbocycles. The molecule has 2 aliphatic rings. The zero-order valence-corrected chi connectivity index (χ0v) is 8.57. The Labute approximate surface area is 79.3 Å². The molecule has 2 heterocycles. The first-order chi connectivity index (χ1) is 4.91. The Balaban J connectivity index is 0.000000605. The summed E-state index contributed by atoms with van der Waals surface area (Å²) in [7, 11) is 0. The van der Waals surface area contributed by atoms with Crippen LogP contribution in [0.1, 0.15) is 12.8 Å². The fraction of sp³-hybridized carbons (Fsp3) is 1.00. The third-order valence-electron chi connectivity index (χ3n) is 3.04. The van der Waals surface area contributed by atoms with Crippen LogP contribution in [-0.2, 0) is 0 Å². The molecule has 0 saturated carbocycles. The summed E-state index contributed by atoms with van der Waals surface area (Å²) < 4.78 is 1.44. The summed E-state index contributed by atoms with van der Waals surface area (Å²) in [6.45, 7) is 8.20. The summed E-state index contributed by atoms with van der Waals surface area (Å²) in [5.74, 6) is 0. The minimum Gasteiger partial charge on any atom is -1.00 e. The summed E-state index contributed by atoms with van der Waals surface area (Å²) in [4.78, 5) is 0. The molecule has 1 spiro atoms. The summed E-state index contributed by atoms with van der Waals surface area (Å²) in [5.41, 5.74) is 0. The van der Waals surface area contributed by atoms with Crippen molar-refractivity contribution >= 4 is 0 Å². The maximum atomic E-state index is 3.42. The normalized spacial score (nSPS) is 28.4. The van der Waals surface area contributed by atoms with Crippen molar-refractivity contribution in [2.24, 2.45) is 0 Å². The molecule has 0 aromatic heterocycles. The molecule has 0 unspecified atom stereocenters. The van der Waals surface area contributed by atoms with Gasteiger partial charge in [0.25, 0.3) is 0 Å². The maximum absolute atomic E-state index is 3.42. The SMILES string of the molecule is C1CC[N+]2(C1)CCNCC2.[Br-]. The Hall–Kier alpha value is 0.400. The molecule has 2 aliphatic heterocycles. The molecule has 2 rings (SSSR count). The van der Waals surface area contributed by atoms with Gasteiger partial charge in [-0.1, -0.05) is 0 Å². The molecular weight excluding hydrogens is 204 g/mol. The fourth-order valence-corrected chi connectivity index (χ4v) is 2.32. The Morgan fingerprint density at radius 3 is 1.91 bits per heavy atom. The van der Waals surface area contributed by atoms with Crippen molar-refractivity contribution in [1.29, 1.82) is 0 Å². The predicted octanol–water partition coefficient (Wildman–Crippen LogP) is -2.80. The van der Waals surface area contributed by atoms with E-state index in [1.165, 1.54) is 56.6 Å². The first kappa shape index (κ1) is 9.49. The molecule has 2 saturated heterocycles. The van der Waals surface area contributed by atoms with Gasteiger partial charge >= 0.3 is 0 Å². The number of hydrogen-bond donors (Lipinski definition) is 1. The highest BCUT2D eigenvalue weighted by Crippen LogP contribution is 2.19. The van der Waals surface area contributed by atoms with Gasteiger partial charge in [0.05, 0.1) is 26.2 Å². The lowest BCUT2D eigenvalue weighted by atomic mass is 10.3. The lowest BCUT2D eigenvalue weighted by Gasteiger charge is -2.37. The van der Waals surface area contributed by atoms with Crippen molar-refractivity contribution < 1.29 is 21.5 Å². The number of nitrogens with one attached hydrogen (secondary N) is 1. The summed E-state index contributed by atoms with van der Waals surface area (Å²) in [6, 6.07) is 0. The molecule has 0 atom stereocenters. The van der Waals surface area contributed by atoms with Crippen molar-refractivity contribution in [3.05, 3.63) is 0 Å². The van der Waals surface area contributed by atoms with Crippen LogP contribution < -0.4 is 22.3 Å². The largest absolute Gasteiger partial charge is 1.00 e. The summed E-state index contributed by atoms with van der Waals surface area (Å²) in [5, 5.41) is 3.42. The molecule has 0 aromatic rings. The topological polar surface area (TPSA) is 12.0 Å². The molecule has 2 fully saturated rings. The Morgan fingerprint density at radius 1 is 0.818 bits per heavy atom. The highest BCUT2D eigenvalue weighted by molar-refractivity contribution is 4.62. The minimum absolute atomic E-state index is 0. The highest BCUT2D eigenvalue weighted by Gasteiger charge is 2.32. The third kappa shape index (κ3) is 1.95. The van der Waals surface area contributed by atoms with Gasteiger partial charge in [0.15, 0.2) is 0 Å². The van der Waals surface area contributed by atoms with Gasteiger partial charge < -0.3 is 26.8 Å². The first-order valence-electron chi connectivity index (χ1n) is 4.47. The van der Waals surface area contributed by atoms with E-state index in [9.17, 15) is 0 Å². The van der Waals surface area contributed by atoms with Gasteiger partial charge in [0.2, 0.25) is 0 Å². The lowest BCUT2D eigenvalue weighted by Crippen LogP contribution is -3.00. The van der Waals surface area contributed by atoms with Crippen LogP contribution in [0.2, 0.25) is 0 Å². The number of quaternary nitrogens is 1. The third-order valence-corrected chi connectivity index (χ3v) is 3.04. The van der Waals surface area contributed by atoms with Crippen molar-refractivity contribution in [2.45, 2.75) is 12.8 Å². The number of rotatable bonds is 0. The molecule has 0 radical (unpaired) electrons. The molecule has 0 bridgehead atoms. The van der Waals surface area contributed by atoms with Crippen LogP contribution in [-0.4, -0.2) is 43.8 Å². The van der Waals surface area contributed by atoms with E-state index in [0.29, 0.717) is 0 Å². The van der Waals surface area contributed by atoms with Crippen LogP contribution >= 0.6 is 0 Å². The zero-order valence-electron chi connectivity index (χ0n) is 6.98. The van der Waals surface area contributed by atoms with E-state index in [-0.39, 0.29) is 17.0 Å². The molecule has 3 heteroatoms. The minimum atomic E-state index is 0. The van der Waals surface area contributed by atoms with Crippen molar-refractivity contribution in [2.75, 3.05) is 39.3 Å². The molecule has 66 valence electrons. The second kappa shape index (κ2) is 3.87. The lowest BCUT2D eigenvalue weighted by molar-refractivity contribution is -0.918. The van der Waals surface area contributed by atoms with Crippen molar-refractivity contribution in [3.63, 3.8) is 0 Å². The number of halogens is 1. The Bertz CT molecular complexity index is 113. The van der Waals surface area contributed by atoms with Crippen molar-refractivity contribution in [3.8, 4) is 0 Å². The van der Waals surface area contributed by atoms with Gasteiger partial charge in [0, 0.05) is 25.9 Å². The van der Waals surface area contributed by atoms with Crippen LogP contribution in [0.15, 0.2) is 0 Å². The number of nitrogens with zero attached hydrogens (tertiary/aromatic N) is 1. The van der Waals surface area contributed by atoms with Gasteiger partial charge in [-0.25, -0.2) is 0 Å². The molecule has 2 nitrogen and oxygen atoms in total. The van der Waals surface area contributed by atoms with E-state index in [0.717, 1.165) is 0 Å². The van der Waals surface area contributed by atoms with Crippen LogP contribution in [0.3, 0.4) is 0 Å². The molecular formula is C8H17BrN2. The maximum Gasteiger partial charge on any atom is 0.0913 e. The van der Waals surface area contributed by atoms with E-state index in [1.54, 1.807) is 0 Å². The van der Waals surface area contributed by atoms with Crippen LogP contribution in [0.4, 0.5) is 0 Å². The first-order valence-corrected chi connectivity index (χ1v) is 4.47. The van der Waals surface area contributed by atoms with Gasteiger partial charge in [0.1, 0.15) is 0 Å². The molecule has 11 heavy (non-hydrogen) atoms. The Morgan fingerprint density at radius 2 is 1.36 bits per heavy atom. The average molecular weight is 221 g/mol. The monoisotopic (exact) mass is 220 g/mol. The fourth-order valence-electron chi connectivity index (χ4n) is 2.32. The molecule has 0 amide bonds. The molecule has 1 N–H and O–H groups in total. The molecule has 0 aromatic carbocycles. The number of hydrogen-bond acceptors (Lipinski definition) is 1.